The zero-order valence-electron chi connectivity index (χ0n) is 15.1. The van der Waals surface area contributed by atoms with Gasteiger partial charge in [0.1, 0.15) is 21.2 Å². The van der Waals surface area contributed by atoms with Crippen molar-refractivity contribution in [2.75, 3.05) is 5.73 Å². The van der Waals surface area contributed by atoms with Gasteiger partial charge >= 0.3 is 0 Å². The van der Waals surface area contributed by atoms with Gasteiger partial charge in [0.05, 0.1) is 0 Å². The number of nitrogens with two attached hydrogens (primary N) is 1. The summed E-state index contributed by atoms with van der Waals surface area (Å²) in [5.74, 6) is -0.657. The van der Waals surface area contributed by atoms with Gasteiger partial charge in [0.15, 0.2) is 5.75 Å². The lowest BCUT2D eigenvalue weighted by atomic mass is 10.1. The monoisotopic (exact) mass is 471 g/mol. The number of benzene rings is 3. The van der Waals surface area contributed by atoms with E-state index in [1.807, 2.05) is 0 Å². The predicted octanol–water partition coefficient (Wildman–Crippen LogP) is 4.00. The first-order valence-corrected chi connectivity index (χ1v) is 11.3. The fourth-order valence-corrected chi connectivity index (χ4v) is 4.21. The molecule has 10 nitrogen and oxygen atoms in total. The molecule has 0 aliphatic rings. The number of aryl methyl sites for hydroxylation is 1. The highest BCUT2D eigenvalue weighted by Crippen LogP contribution is 2.42. The van der Waals surface area contributed by atoms with Crippen molar-refractivity contribution in [3.05, 3.63) is 47.0 Å². The smallest absolute Gasteiger partial charge is 0.296 e. The summed E-state index contributed by atoms with van der Waals surface area (Å²) in [6, 6.07) is 7.44. The second-order valence-corrected chi connectivity index (χ2v) is 9.46. The molecule has 158 valence electrons. The predicted molar refractivity (Wildman–Crippen MR) is 110 cm³/mol. The summed E-state index contributed by atoms with van der Waals surface area (Å²) in [5, 5.41) is 18.3. The van der Waals surface area contributed by atoms with Crippen molar-refractivity contribution in [2.45, 2.75) is 16.7 Å². The topological polar surface area (TPSA) is 180 Å². The van der Waals surface area contributed by atoms with Crippen LogP contribution in [0.4, 0.5) is 17.1 Å². The van der Waals surface area contributed by atoms with E-state index in [4.69, 9.17) is 17.3 Å². The van der Waals surface area contributed by atoms with E-state index >= 15 is 0 Å². The Hall–Kier alpha value is -2.77. The molecule has 3 rings (SSSR count). The summed E-state index contributed by atoms with van der Waals surface area (Å²) < 4.78 is 65.9. The van der Waals surface area contributed by atoms with E-state index < -0.39 is 41.5 Å². The van der Waals surface area contributed by atoms with Gasteiger partial charge in [-0.3, -0.25) is 9.11 Å². The zero-order valence-corrected chi connectivity index (χ0v) is 17.5. The molecule has 0 heterocycles. The van der Waals surface area contributed by atoms with Crippen LogP contribution in [0.15, 0.2) is 56.4 Å². The van der Waals surface area contributed by atoms with Crippen LogP contribution in [-0.2, 0) is 20.2 Å². The molecule has 0 saturated heterocycles. The van der Waals surface area contributed by atoms with Crippen LogP contribution in [0.2, 0.25) is 5.02 Å². The second-order valence-electron chi connectivity index (χ2n) is 6.27. The number of azo groups is 1. The molecule has 0 bridgehead atoms. The number of hydrogen-bond donors (Lipinski definition) is 4. The standard InChI is InChI=1S/C17H14ClN3O7S2/c1-8-4-13(14(7-12(8)18)29(23,24)25)20-21-16-15(30(26,27)28)5-9-2-3-10(19)6-11(9)17(16)22/h2-7,22H,19H2,1H3,(H,23,24,25)(H,26,27,28). The minimum atomic E-state index is -4.85. The number of rotatable bonds is 4. The van der Waals surface area contributed by atoms with Crippen LogP contribution < -0.4 is 5.73 Å². The Morgan fingerprint density at radius 1 is 0.933 bits per heavy atom. The van der Waals surface area contributed by atoms with Gasteiger partial charge in [-0.15, -0.1) is 10.2 Å². The molecule has 0 saturated carbocycles. The molecule has 0 aliphatic heterocycles. The van der Waals surface area contributed by atoms with Crippen LogP contribution in [0.3, 0.4) is 0 Å². The van der Waals surface area contributed by atoms with E-state index in [1.165, 1.54) is 31.2 Å². The van der Waals surface area contributed by atoms with E-state index in [9.17, 15) is 31.0 Å². The van der Waals surface area contributed by atoms with Crippen molar-refractivity contribution >= 4 is 59.7 Å². The van der Waals surface area contributed by atoms with Crippen molar-refractivity contribution < 1.29 is 31.0 Å². The number of phenolic OH excluding ortho intramolecular Hbond substituents is 1. The summed E-state index contributed by atoms with van der Waals surface area (Å²) in [6.07, 6.45) is 0. The molecular weight excluding hydrogens is 458 g/mol. The lowest BCUT2D eigenvalue weighted by Gasteiger charge is -2.10. The number of nitrogens with zero attached hydrogens (tertiary/aromatic N) is 2. The highest BCUT2D eigenvalue weighted by atomic mass is 35.5. The number of nitrogen functional groups attached to an aromatic ring is 1. The van der Waals surface area contributed by atoms with Gasteiger partial charge in [0.2, 0.25) is 0 Å². The third-order valence-electron chi connectivity index (χ3n) is 4.13. The molecule has 0 fully saturated rings. The van der Waals surface area contributed by atoms with E-state index in [1.54, 1.807) is 0 Å². The van der Waals surface area contributed by atoms with Crippen molar-refractivity contribution in [2.24, 2.45) is 10.2 Å². The van der Waals surface area contributed by atoms with Crippen LogP contribution in [0, 0.1) is 6.92 Å². The van der Waals surface area contributed by atoms with Crippen molar-refractivity contribution in [3.8, 4) is 5.75 Å². The highest BCUT2D eigenvalue weighted by molar-refractivity contribution is 7.86. The number of aromatic hydroxyl groups is 1. The van der Waals surface area contributed by atoms with E-state index in [0.717, 1.165) is 12.1 Å². The molecule has 3 aromatic rings. The van der Waals surface area contributed by atoms with Crippen LogP contribution >= 0.6 is 11.6 Å². The van der Waals surface area contributed by atoms with Crippen molar-refractivity contribution in [1.82, 2.24) is 0 Å². The molecule has 0 aromatic heterocycles. The van der Waals surface area contributed by atoms with Crippen LogP contribution in [0.25, 0.3) is 10.8 Å². The van der Waals surface area contributed by atoms with Crippen molar-refractivity contribution in [1.29, 1.82) is 0 Å². The van der Waals surface area contributed by atoms with E-state index in [0.29, 0.717) is 5.56 Å². The fourth-order valence-electron chi connectivity index (χ4n) is 2.69. The molecule has 5 N–H and O–H groups in total. The maximum atomic E-state index is 11.8. The Kier molecular flexibility index (Phi) is 5.47. The van der Waals surface area contributed by atoms with E-state index in [2.05, 4.69) is 10.2 Å². The van der Waals surface area contributed by atoms with Gasteiger partial charge in [-0.2, -0.15) is 16.8 Å². The number of hydrogen-bond acceptors (Lipinski definition) is 8. The van der Waals surface area contributed by atoms with Gasteiger partial charge in [0.25, 0.3) is 20.2 Å². The summed E-state index contributed by atoms with van der Waals surface area (Å²) in [6.45, 7) is 1.54. The molecule has 0 amide bonds. The third kappa shape index (κ3) is 4.22. The van der Waals surface area contributed by atoms with Crippen molar-refractivity contribution in [3.63, 3.8) is 0 Å². The SMILES string of the molecule is Cc1cc(N=Nc2c(S(=O)(=O)O)cc3ccc(N)cc3c2O)c(S(=O)(=O)O)cc1Cl. The van der Waals surface area contributed by atoms with Crippen LogP contribution in [0.1, 0.15) is 5.56 Å². The molecule has 13 heteroatoms. The molecular formula is C17H14ClN3O7S2. The molecule has 3 aromatic carbocycles. The van der Waals surface area contributed by atoms with Crippen LogP contribution in [-0.4, -0.2) is 31.0 Å². The fraction of sp³-hybridized carbons (Fsp3) is 0.0588. The Labute approximate surface area is 176 Å². The summed E-state index contributed by atoms with van der Waals surface area (Å²) in [7, 11) is -9.60. The summed E-state index contributed by atoms with van der Waals surface area (Å²) in [5.41, 5.74) is 5.33. The lowest BCUT2D eigenvalue weighted by Crippen LogP contribution is -2.00. The van der Waals surface area contributed by atoms with Gasteiger partial charge in [-0.25, -0.2) is 0 Å². The third-order valence-corrected chi connectivity index (χ3v) is 6.29. The zero-order chi connectivity index (χ0) is 22.4. The summed E-state index contributed by atoms with van der Waals surface area (Å²) in [4.78, 5) is -1.44. The maximum absolute atomic E-state index is 11.8. The Balaban J connectivity index is 2.32. The largest absolute Gasteiger partial charge is 0.505 e. The second kappa shape index (κ2) is 7.49. The number of halogens is 1. The molecule has 0 radical (unpaired) electrons. The maximum Gasteiger partial charge on any atom is 0.296 e. The summed E-state index contributed by atoms with van der Waals surface area (Å²) >= 11 is 5.89. The minimum absolute atomic E-state index is 0.0317. The first kappa shape index (κ1) is 21.9. The molecule has 30 heavy (non-hydrogen) atoms. The van der Waals surface area contributed by atoms with Gasteiger partial charge in [-0.1, -0.05) is 17.7 Å². The van der Waals surface area contributed by atoms with Gasteiger partial charge in [0, 0.05) is 16.1 Å². The van der Waals surface area contributed by atoms with E-state index in [-0.39, 0.29) is 27.2 Å². The Morgan fingerprint density at radius 3 is 2.17 bits per heavy atom. The molecule has 0 atom stereocenters. The van der Waals surface area contributed by atoms with Crippen LogP contribution in [0.5, 0.6) is 5.75 Å². The molecule has 0 aliphatic carbocycles. The quantitative estimate of drug-likeness (QED) is 0.250. The highest BCUT2D eigenvalue weighted by Gasteiger charge is 2.23. The number of phenols is 1. The van der Waals surface area contributed by atoms with Gasteiger partial charge in [-0.05, 0) is 48.2 Å². The lowest BCUT2D eigenvalue weighted by molar-refractivity contribution is 0.472. The normalized spacial score (nSPS) is 12.7. The van der Waals surface area contributed by atoms with Gasteiger partial charge < -0.3 is 10.8 Å². The Morgan fingerprint density at radius 2 is 1.57 bits per heavy atom. The first-order chi connectivity index (χ1) is 13.8. The number of fused-ring (bicyclic) bond motifs is 1. The minimum Gasteiger partial charge on any atom is -0.505 e. The first-order valence-electron chi connectivity index (χ1n) is 8.01. The Bertz CT molecular complexity index is 1440. The average molecular weight is 472 g/mol. The average Bonchev–Trinajstić information content (AvgIpc) is 2.62. The molecule has 0 spiro atoms. The molecule has 0 unspecified atom stereocenters. The number of anilines is 1.